The third-order valence-electron chi connectivity index (χ3n) is 2.40. The Hall–Kier alpha value is -1.42. The van der Waals surface area contributed by atoms with Crippen LogP contribution >= 0.6 is 0 Å². The first kappa shape index (κ1) is 10.1. The quantitative estimate of drug-likeness (QED) is 0.811. The van der Waals surface area contributed by atoms with Crippen LogP contribution in [0.25, 0.3) is 5.65 Å². The van der Waals surface area contributed by atoms with Gasteiger partial charge in [-0.25, -0.2) is 9.50 Å². The smallest absolute Gasteiger partial charge is 0.159 e. The Kier molecular flexibility index (Phi) is 2.44. The molecule has 0 aliphatic heterocycles. The second kappa shape index (κ2) is 3.62. The van der Waals surface area contributed by atoms with E-state index in [2.05, 4.69) is 23.9 Å². The van der Waals surface area contributed by atoms with Crippen molar-refractivity contribution in [2.45, 2.75) is 33.3 Å². The standard InChI is InChI=1S/C11H15N3O/c1-7(2)10-4-9(6-15)11-12-8(3)5-14(11)13-10/h4-5,7,15H,6H2,1-3H3. The van der Waals surface area contributed by atoms with Crippen LogP contribution in [0, 0.1) is 6.92 Å². The van der Waals surface area contributed by atoms with Gasteiger partial charge in [-0.3, -0.25) is 0 Å². The van der Waals surface area contributed by atoms with Gasteiger partial charge in [0.2, 0.25) is 0 Å². The lowest BCUT2D eigenvalue weighted by Gasteiger charge is -2.07. The predicted octanol–water partition coefficient (Wildman–Crippen LogP) is 1.65. The van der Waals surface area contributed by atoms with Crippen LogP contribution in [0.15, 0.2) is 12.3 Å². The molecule has 2 aromatic rings. The molecule has 15 heavy (non-hydrogen) atoms. The Morgan fingerprint density at radius 1 is 1.47 bits per heavy atom. The normalized spacial score (nSPS) is 11.5. The molecule has 4 nitrogen and oxygen atoms in total. The maximum atomic E-state index is 9.27. The van der Waals surface area contributed by atoms with Crippen molar-refractivity contribution in [1.29, 1.82) is 0 Å². The van der Waals surface area contributed by atoms with Crippen molar-refractivity contribution in [2.75, 3.05) is 0 Å². The van der Waals surface area contributed by atoms with Crippen LogP contribution in [0.4, 0.5) is 0 Å². The number of imidazole rings is 1. The highest BCUT2D eigenvalue weighted by Crippen LogP contribution is 2.17. The molecule has 80 valence electrons. The molecule has 0 unspecified atom stereocenters. The zero-order chi connectivity index (χ0) is 11.0. The molecular formula is C11H15N3O. The van der Waals surface area contributed by atoms with Crippen LogP contribution < -0.4 is 0 Å². The van der Waals surface area contributed by atoms with Crippen molar-refractivity contribution in [3.63, 3.8) is 0 Å². The molecule has 2 aromatic heterocycles. The number of fused-ring (bicyclic) bond motifs is 1. The van der Waals surface area contributed by atoms with Gasteiger partial charge in [0.25, 0.3) is 0 Å². The van der Waals surface area contributed by atoms with Crippen LogP contribution in [-0.4, -0.2) is 19.7 Å². The van der Waals surface area contributed by atoms with Crippen molar-refractivity contribution < 1.29 is 5.11 Å². The van der Waals surface area contributed by atoms with E-state index in [0.717, 1.165) is 22.6 Å². The van der Waals surface area contributed by atoms with Gasteiger partial charge < -0.3 is 5.11 Å². The Bertz CT molecular complexity index is 488. The molecule has 0 aliphatic rings. The number of rotatable bonds is 2. The topological polar surface area (TPSA) is 50.4 Å². The number of hydrogen-bond acceptors (Lipinski definition) is 3. The molecule has 0 aromatic carbocycles. The lowest BCUT2D eigenvalue weighted by Crippen LogP contribution is -2.03. The summed E-state index contributed by atoms with van der Waals surface area (Å²) in [5, 5.41) is 13.7. The van der Waals surface area contributed by atoms with Gasteiger partial charge in [-0.1, -0.05) is 13.8 Å². The molecule has 0 saturated carbocycles. The van der Waals surface area contributed by atoms with E-state index in [-0.39, 0.29) is 6.61 Å². The SMILES string of the molecule is Cc1cn2nc(C(C)C)cc(CO)c2n1. The summed E-state index contributed by atoms with van der Waals surface area (Å²) in [6.45, 7) is 6.09. The second-order valence-electron chi connectivity index (χ2n) is 4.06. The summed E-state index contributed by atoms with van der Waals surface area (Å²) in [4.78, 5) is 4.32. The monoisotopic (exact) mass is 205 g/mol. The van der Waals surface area contributed by atoms with Gasteiger partial charge in [0.05, 0.1) is 24.2 Å². The van der Waals surface area contributed by atoms with Gasteiger partial charge in [0.1, 0.15) is 0 Å². The lowest BCUT2D eigenvalue weighted by molar-refractivity contribution is 0.282. The van der Waals surface area contributed by atoms with E-state index < -0.39 is 0 Å². The minimum absolute atomic E-state index is 0.00218. The van der Waals surface area contributed by atoms with Crippen molar-refractivity contribution in [3.05, 3.63) is 29.2 Å². The molecule has 0 bridgehead atoms. The van der Waals surface area contributed by atoms with E-state index in [4.69, 9.17) is 0 Å². The summed E-state index contributed by atoms with van der Waals surface area (Å²) < 4.78 is 1.75. The number of aliphatic hydroxyl groups is 1. The average Bonchev–Trinajstić information content (AvgIpc) is 2.56. The van der Waals surface area contributed by atoms with E-state index in [1.54, 1.807) is 4.52 Å². The largest absolute Gasteiger partial charge is 0.392 e. The summed E-state index contributed by atoms with van der Waals surface area (Å²) in [6, 6.07) is 1.92. The van der Waals surface area contributed by atoms with Crippen molar-refractivity contribution in [3.8, 4) is 0 Å². The van der Waals surface area contributed by atoms with Crippen molar-refractivity contribution in [2.24, 2.45) is 0 Å². The minimum atomic E-state index is 0.00218. The molecule has 0 radical (unpaired) electrons. The molecule has 2 heterocycles. The Morgan fingerprint density at radius 3 is 2.80 bits per heavy atom. The molecule has 2 rings (SSSR count). The summed E-state index contributed by atoms with van der Waals surface area (Å²) in [7, 11) is 0. The molecular weight excluding hydrogens is 190 g/mol. The fraction of sp³-hybridized carbons (Fsp3) is 0.455. The van der Waals surface area contributed by atoms with Gasteiger partial charge in [-0.15, -0.1) is 0 Å². The Labute approximate surface area is 88.6 Å². The van der Waals surface area contributed by atoms with Crippen molar-refractivity contribution >= 4 is 5.65 Å². The van der Waals surface area contributed by atoms with E-state index in [0.29, 0.717) is 5.92 Å². The Morgan fingerprint density at radius 2 is 2.20 bits per heavy atom. The lowest BCUT2D eigenvalue weighted by atomic mass is 10.1. The zero-order valence-electron chi connectivity index (χ0n) is 9.23. The molecule has 0 spiro atoms. The number of aromatic nitrogens is 3. The minimum Gasteiger partial charge on any atom is -0.392 e. The van der Waals surface area contributed by atoms with Crippen LogP contribution in [-0.2, 0) is 6.61 Å². The van der Waals surface area contributed by atoms with E-state index in [1.165, 1.54) is 0 Å². The maximum absolute atomic E-state index is 9.27. The highest BCUT2D eigenvalue weighted by atomic mass is 16.3. The van der Waals surface area contributed by atoms with E-state index >= 15 is 0 Å². The van der Waals surface area contributed by atoms with Crippen LogP contribution in [0.3, 0.4) is 0 Å². The molecule has 4 heteroatoms. The molecule has 1 N–H and O–H groups in total. The number of aryl methyl sites for hydroxylation is 1. The van der Waals surface area contributed by atoms with Gasteiger partial charge in [0.15, 0.2) is 5.65 Å². The third kappa shape index (κ3) is 1.72. The third-order valence-corrected chi connectivity index (χ3v) is 2.40. The van der Waals surface area contributed by atoms with Crippen LogP contribution in [0.1, 0.15) is 36.7 Å². The first-order valence-electron chi connectivity index (χ1n) is 5.08. The van der Waals surface area contributed by atoms with Crippen molar-refractivity contribution in [1.82, 2.24) is 14.6 Å². The van der Waals surface area contributed by atoms with Gasteiger partial charge in [0, 0.05) is 5.56 Å². The summed E-state index contributed by atoms with van der Waals surface area (Å²) in [5.74, 6) is 0.349. The second-order valence-corrected chi connectivity index (χ2v) is 4.06. The number of aliphatic hydroxyl groups excluding tert-OH is 1. The Balaban J connectivity index is 2.70. The first-order chi connectivity index (χ1) is 7.11. The van der Waals surface area contributed by atoms with E-state index in [9.17, 15) is 5.11 Å². The highest BCUT2D eigenvalue weighted by molar-refractivity contribution is 5.48. The molecule has 0 fully saturated rings. The average molecular weight is 205 g/mol. The molecule has 0 aliphatic carbocycles. The summed E-state index contributed by atoms with van der Waals surface area (Å²) in [5.41, 5.74) is 3.48. The van der Waals surface area contributed by atoms with Gasteiger partial charge in [-0.05, 0) is 18.9 Å². The van der Waals surface area contributed by atoms with Crippen LogP contribution in [0.5, 0.6) is 0 Å². The fourth-order valence-electron chi connectivity index (χ4n) is 1.58. The maximum Gasteiger partial charge on any atom is 0.159 e. The first-order valence-corrected chi connectivity index (χ1v) is 5.08. The summed E-state index contributed by atoms with van der Waals surface area (Å²) >= 11 is 0. The van der Waals surface area contributed by atoms with E-state index in [1.807, 2.05) is 19.2 Å². The number of hydrogen-bond donors (Lipinski definition) is 1. The highest BCUT2D eigenvalue weighted by Gasteiger charge is 2.09. The zero-order valence-corrected chi connectivity index (χ0v) is 9.23. The van der Waals surface area contributed by atoms with Gasteiger partial charge >= 0.3 is 0 Å². The molecule has 0 saturated heterocycles. The van der Waals surface area contributed by atoms with Crippen LogP contribution in [0.2, 0.25) is 0 Å². The molecule has 0 amide bonds. The molecule has 0 atom stereocenters. The predicted molar refractivity (Wildman–Crippen MR) is 57.7 cm³/mol. The number of nitrogens with zero attached hydrogens (tertiary/aromatic N) is 3. The van der Waals surface area contributed by atoms with Gasteiger partial charge in [-0.2, -0.15) is 5.10 Å². The fourth-order valence-corrected chi connectivity index (χ4v) is 1.58. The summed E-state index contributed by atoms with van der Waals surface area (Å²) in [6.07, 6.45) is 1.88.